The molecule has 1 unspecified atom stereocenters. The lowest BCUT2D eigenvalue weighted by molar-refractivity contribution is 0.0986. The molecule has 106 valence electrons. The topological polar surface area (TPSA) is 79.2 Å². The fourth-order valence-corrected chi connectivity index (χ4v) is 2.26. The number of hydrogen-bond donors (Lipinski definition) is 0. The molecule has 1 aromatic heterocycles. The van der Waals surface area contributed by atoms with Gasteiger partial charge in [0.1, 0.15) is 0 Å². The Morgan fingerprint density at radius 3 is 2.42 bits per heavy atom. The SMILES string of the molecule is Cn1c(C(C)(C)C)ccc(C(=O)CCS(=O)[O-])c1=O. The summed E-state index contributed by atoms with van der Waals surface area (Å²) in [7, 11) is 1.62. The van der Waals surface area contributed by atoms with E-state index >= 15 is 0 Å². The highest BCUT2D eigenvalue weighted by Crippen LogP contribution is 2.20. The van der Waals surface area contributed by atoms with Crippen LogP contribution in [0.2, 0.25) is 0 Å². The molecule has 5 nitrogen and oxygen atoms in total. The van der Waals surface area contributed by atoms with Crippen molar-refractivity contribution in [1.29, 1.82) is 0 Å². The van der Waals surface area contributed by atoms with Gasteiger partial charge in [-0.1, -0.05) is 31.9 Å². The van der Waals surface area contributed by atoms with Crippen molar-refractivity contribution in [3.8, 4) is 0 Å². The van der Waals surface area contributed by atoms with E-state index in [2.05, 4.69) is 0 Å². The maximum atomic E-state index is 12.1. The van der Waals surface area contributed by atoms with Crippen LogP contribution in [-0.2, 0) is 23.5 Å². The molecular formula is C13H18NO4S-. The Morgan fingerprint density at radius 2 is 1.95 bits per heavy atom. The summed E-state index contributed by atoms with van der Waals surface area (Å²) >= 11 is -2.27. The molecule has 1 atom stereocenters. The van der Waals surface area contributed by atoms with Crippen LogP contribution in [-0.4, -0.2) is 24.9 Å². The average Bonchev–Trinajstić information content (AvgIpc) is 2.27. The van der Waals surface area contributed by atoms with Gasteiger partial charge in [-0.2, -0.15) is 0 Å². The first kappa shape index (κ1) is 15.8. The van der Waals surface area contributed by atoms with Gasteiger partial charge in [0, 0.05) is 30.3 Å². The second kappa shape index (κ2) is 5.79. The number of aromatic nitrogens is 1. The molecule has 0 amide bonds. The van der Waals surface area contributed by atoms with Crippen LogP contribution in [0.3, 0.4) is 0 Å². The first-order chi connectivity index (χ1) is 8.64. The number of carbonyl (C=O) groups excluding carboxylic acids is 1. The smallest absolute Gasteiger partial charge is 0.261 e. The van der Waals surface area contributed by atoms with E-state index in [1.54, 1.807) is 13.1 Å². The van der Waals surface area contributed by atoms with Gasteiger partial charge in [0.05, 0.1) is 5.56 Å². The van der Waals surface area contributed by atoms with Crippen molar-refractivity contribution in [2.24, 2.45) is 7.05 Å². The summed E-state index contributed by atoms with van der Waals surface area (Å²) in [5, 5.41) is 0. The van der Waals surface area contributed by atoms with Crippen molar-refractivity contribution < 1.29 is 13.6 Å². The zero-order valence-corrected chi connectivity index (χ0v) is 12.4. The number of ketones is 1. The second-order valence-electron chi connectivity index (χ2n) is 5.43. The normalized spacial score (nSPS) is 13.3. The van der Waals surface area contributed by atoms with Crippen LogP contribution < -0.4 is 5.56 Å². The van der Waals surface area contributed by atoms with Crippen molar-refractivity contribution in [2.75, 3.05) is 5.75 Å². The largest absolute Gasteiger partial charge is 0.772 e. The van der Waals surface area contributed by atoms with Crippen LogP contribution in [0, 0.1) is 0 Å². The lowest BCUT2D eigenvalue weighted by Crippen LogP contribution is -2.31. The van der Waals surface area contributed by atoms with E-state index in [-0.39, 0.29) is 28.7 Å². The zero-order chi connectivity index (χ0) is 14.8. The molecule has 0 radical (unpaired) electrons. The highest BCUT2D eigenvalue weighted by molar-refractivity contribution is 7.79. The number of Topliss-reactive ketones (excluding diaryl/α,β-unsaturated/α-hetero) is 1. The fourth-order valence-electron chi connectivity index (χ4n) is 1.91. The Labute approximate surface area is 114 Å². The van der Waals surface area contributed by atoms with E-state index in [0.717, 1.165) is 5.69 Å². The molecule has 0 aliphatic carbocycles. The lowest BCUT2D eigenvalue weighted by Gasteiger charge is -2.22. The van der Waals surface area contributed by atoms with Crippen LogP contribution >= 0.6 is 0 Å². The second-order valence-corrected chi connectivity index (χ2v) is 6.44. The summed E-state index contributed by atoms with van der Waals surface area (Å²) < 4.78 is 22.3. The third-order valence-corrected chi connectivity index (χ3v) is 3.41. The molecular weight excluding hydrogens is 266 g/mol. The van der Waals surface area contributed by atoms with Gasteiger partial charge < -0.3 is 9.12 Å². The standard InChI is InChI=1S/C13H19NO4S/c1-13(2,3)11-6-5-9(12(16)14(11)4)10(15)7-8-19(17)18/h5-6H,7-8H2,1-4H3,(H,17,18)/p-1. The quantitative estimate of drug-likeness (QED) is 0.613. The highest BCUT2D eigenvalue weighted by atomic mass is 32.2. The minimum Gasteiger partial charge on any atom is -0.772 e. The molecule has 0 aliphatic rings. The first-order valence-electron chi connectivity index (χ1n) is 5.94. The van der Waals surface area contributed by atoms with E-state index in [4.69, 9.17) is 0 Å². The minimum absolute atomic E-state index is 0.0425. The molecule has 1 aromatic rings. The molecule has 0 N–H and O–H groups in total. The number of nitrogens with zero attached hydrogens (tertiary/aromatic N) is 1. The summed E-state index contributed by atoms with van der Waals surface area (Å²) in [6.07, 6.45) is -0.166. The van der Waals surface area contributed by atoms with Crippen molar-refractivity contribution >= 4 is 16.9 Å². The van der Waals surface area contributed by atoms with E-state index in [9.17, 15) is 18.4 Å². The van der Waals surface area contributed by atoms with E-state index in [0.29, 0.717) is 0 Å². The Balaban J connectivity index is 3.14. The van der Waals surface area contributed by atoms with Crippen molar-refractivity contribution in [3.05, 3.63) is 33.7 Å². The van der Waals surface area contributed by atoms with Crippen LogP contribution in [0.4, 0.5) is 0 Å². The first-order valence-corrected chi connectivity index (χ1v) is 7.18. The lowest BCUT2D eigenvalue weighted by atomic mass is 9.90. The molecule has 0 fully saturated rings. The van der Waals surface area contributed by atoms with Gasteiger partial charge in [-0.3, -0.25) is 13.8 Å². The molecule has 0 aromatic carbocycles. The predicted molar refractivity (Wildman–Crippen MR) is 73.1 cm³/mol. The van der Waals surface area contributed by atoms with E-state index in [1.807, 2.05) is 20.8 Å². The average molecular weight is 284 g/mol. The van der Waals surface area contributed by atoms with Crippen LogP contribution in [0.15, 0.2) is 16.9 Å². The van der Waals surface area contributed by atoms with Gasteiger partial charge in [-0.05, 0) is 12.1 Å². The summed E-state index contributed by atoms with van der Waals surface area (Å²) in [4.78, 5) is 23.9. The number of carbonyl (C=O) groups is 1. The van der Waals surface area contributed by atoms with E-state index < -0.39 is 16.9 Å². The third kappa shape index (κ3) is 3.84. The fraction of sp³-hybridized carbons (Fsp3) is 0.538. The number of pyridine rings is 1. The molecule has 0 spiro atoms. The maximum Gasteiger partial charge on any atom is 0.261 e. The molecule has 19 heavy (non-hydrogen) atoms. The Kier molecular flexibility index (Phi) is 4.81. The van der Waals surface area contributed by atoms with Crippen molar-refractivity contribution in [1.82, 2.24) is 4.57 Å². The summed E-state index contributed by atoms with van der Waals surface area (Å²) in [5.41, 5.74) is 0.280. The van der Waals surface area contributed by atoms with Gasteiger partial charge >= 0.3 is 0 Å². The third-order valence-electron chi connectivity index (χ3n) is 2.87. The van der Waals surface area contributed by atoms with E-state index in [1.165, 1.54) is 10.6 Å². The van der Waals surface area contributed by atoms with Crippen molar-refractivity contribution in [2.45, 2.75) is 32.6 Å². The summed E-state index contributed by atoms with van der Waals surface area (Å²) in [5.74, 6) is -0.700. The minimum atomic E-state index is -2.27. The molecule has 0 saturated carbocycles. The molecule has 1 heterocycles. The Morgan fingerprint density at radius 1 is 1.37 bits per heavy atom. The Hall–Kier alpha value is -1.27. The number of rotatable bonds is 4. The van der Waals surface area contributed by atoms with Crippen LogP contribution in [0.5, 0.6) is 0 Å². The van der Waals surface area contributed by atoms with Gasteiger partial charge in [0.15, 0.2) is 5.78 Å². The Bertz CT molecular complexity index is 569. The summed E-state index contributed by atoms with van der Waals surface area (Å²) in [6.45, 7) is 5.93. The molecule has 0 aliphatic heterocycles. The molecule has 0 saturated heterocycles. The van der Waals surface area contributed by atoms with Gasteiger partial charge in [-0.25, -0.2) is 0 Å². The molecule has 1 rings (SSSR count). The number of hydrogen-bond acceptors (Lipinski definition) is 4. The summed E-state index contributed by atoms with van der Waals surface area (Å²) in [6, 6.07) is 3.22. The van der Waals surface area contributed by atoms with Crippen LogP contribution in [0.25, 0.3) is 0 Å². The monoisotopic (exact) mass is 284 g/mol. The van der Waals surface area contributed by atoms with Crippen molar-refractivity contribution in [3.63, 3.8) is 0 Å². The molecule has 0 bridgehead atoms. The van der Waals surface area contributed by atoms with Crippen LogP contribution in [0.1, 0.15) is 43.2 Å². The van der Waals surface area contributed by atoms with Gasteiger partial charge in [-0.15, -0.1) is 0 Å². The van der Waals surface area contributed by atoms with Gasteiger partial charge in [0.2, 0.25) is 0 Å². The highest BCUT2D eigenvalue weighted by Gasteiger charge is 2.20. The van der Waals surface area contributed by atoms with Gasteiger partial charge in [0.25, 0.3) is 5.56 Å². The zero-order valence-electron chi connectivity index (χ0n) is 11.6. The predicted octanol–water partition coefficient (Wildman–Crippen LogP) is 1.13. The molecule has 6 heteroatoms. The maximum absolute atomic E-state index is 12.1.